The molecule has 3 amide bonds. The molecular formula is C28H28F2N4O3. The number of rotatable bonds is 6. The van der Waals surface area contributed by atoms with E-state index in [2.05, 4.69) is 15.6 Å². The van der Waals surface area contributed by atoms with Crippen molar-refractivity contribution in [3.63, 3.8) is 0 Å². The van der Waals surface area contributed by atoms with Gasteiger partial charge in [-0.05, 0) is 68.5 Å². The van der Waals surface area contributed by atoms with Crippen LogP contribution in [0.1, 0.15) is 47.2 Å². The lowest BCUT2D eigenvalue weighted by molar-refractivity contribution is 0.0881. The van der Waals surface area contributed by atoms with E-state index in [9.17, 15) is 18.4 Å². The van der Waals surface area contributed by atoms with Crippen molar-refractivity contribution in [1.29, 1.82) is 0 Å². The lowest BCUT2D eigenvalue weighted by atomic mass is 9.97. The Labute approximate surface area is 213 Å². The minimum absolute atomic E-state index is 0.0159. The van der Waals surface area contributed by atoms with E-state index in [4.69, 9.17) is 4.74 Å². The highest BCUT2D eigenvalue weighted by molar-refractivity contribution is 5.96. The zero-order valence-electron chi connectivity index (χ0n) is 20.4. The Morgan fingerprint density at radius 1 is 1.03 bits per heavy atom. The van der Waals surface area contributed by atoms with E-state index < -0.39 is 17.5 Å². The summed E-state index contributed by atoms with van der Waals surface area (Å²) in [6.07, 6.45) is 3.92. The van der Waals surface area contributed by atoms with Gasteiger partial charge in [0, 0.05) is 24.7 Å². The second kappa shape index (κ2) is 10.5. The first-order valence-corrected chi connectivity index (χ1v) is 12.4. The van der Waals surface area contributed by atoms with Crippen molar-refractivity contribution >= 4 is 11.9 Å². The van der Waals surface area contributed by atoms with Gasteiger partial charge in [0.2, 0.25) is 5.88 Å². The molecule has 0 radical (unpaired) electrons. The third kappa shape index (κ3) is 5.71. The molecule has 37 heavy (non-hydrogen) atoms. The normalized spacial score (nSPS) is 20.4. The van der Waals surface area contributed by atoms with Crippen LogP contribution in [0.2, 0.25) is 0 Å². The lowest BCUT2D eigenvalue weighted by Crippen LogP contribution is -2.55. The number of aryl methyl sites for hydroxylation is 1. The number of hydrogen-bond donors (Lipinski definition) is 2. The standard InChI is InChI=1S/C28H28F2N4O3/c1-17-3-2-4-18(11-17)15-32-28(36)34-22-7-8-23(34)14-21(13-22)33-26(35)25-12-20(30)16-31-27(25)37-24-9-5-19(29)6-10-24/h2-6,9-12,16,21-23H,7-8,13-15H2,1H3,(H,32,36)(H,33,35)/t21-,22-,23+. The number of piperidine rings is 1. The van der Waals surface area contributed by atoms with Gasteiger partial charge in [0.15, 0.2) is 0 Å². The number of pyridine rings is 1. The van der Waals surface area contributed by atoms with Crippen molar-refractivity contribution in [3.05, 3.63) is 89.1 Å². The molecular weight excluding hydrogens is 478 g/mol. The van der Waals surface area contributed by atoms with Gasteiger partial charge in [0.1, 0.15) is 22.9 Å². The fourth-order valence-electron chi connectivity index (χ4n) is 5.27. The number of amides is 3. The molecule has 0 aliphatic carbocycles. The Kier molecular flexibility index (Phi) is 7.03. The van der Waals surface area contributed by atoms with Gasteiger partial charge < -0.3 is 20.3 Å². The van der Waals surface area contributed by atoms with Crippen molar-refractivity contribution in [2.45, 2.75) is 57.3 Å². The van der Waals surface area contributed by atoms with Crippen LogP contribution in [0.4, 0.5) is 13.6 Å². The first kappa shape index (κ1) is 24.7. The SMILES string of the molecule is Cc1cccc(CNC(=O)N2[C@@H]3CC[C@H]2C[C@H](NC(=O)c2cc(F)cnc2Oc2ccc(F)cc2)C3)c1. The quantitative estimate of drug-likeness (QED) is 0.488. The van der Waals surface area contributed by atoms with Crippen molar-refractivity contribution in [3.8, 4) is 11.6 Å². The zero-order chi connectivity index (χ0) is 25.9. The molecule has 0 spiro atoms. The van der Waals surface area contributed by atoms with Gasteiger partial charge in [-0.2, -0.15) is 0 Å². The van der Waals surface area contributed by atoms with E-state index in [0.29, 0.717) is 19.4 Å². The maximum Gasteiger partial charge on any atom is 0.318 e. The summed E-state index contributed by atoms with van der Waals surface area (Å²) in [5.74, 6) is -1.40. The first-order valence-electron chi connectivity index (χ1n) is 12.4. The Bertz CT molecular complexity index is 1290. The average Bonchev–Trinajstić information content (AvgIpc) is 3.15. The van der Waals surface area contributed by atoms with Crippen LogP contribution in [-0.4, -0.2) is 39.9 Å². The van der Waals surface area contributed by atoms with Gasteiger partial charge in [0.05, 0.1) is 6.20 Å². The highest BCUT2D eigenvalue weighted by Crippen LogP contribution is 2.36. The number of carbonyl (C=O) groups excluding carboxylic acids is 2. The summed E-state index contributed by atoms with van der Waals surface area (Å²) in [4.78, 5) is 31.9. The number of aromatic nitrogens is 1. The number of nitrogens with one attached hydrogen (secondary N) is 2. The van der Waals surface area contributed by atoms with Crippen LogP contribution in [0.3, 0.4) is 0 Å². The highest BCUT2D eigenvalue weighted by Gasteiger charge is 2.43. The van der Waals surface area contributed by atoms with Crippen molar-refractivity contribution in [2.75, 3.05) is 0 Å². The number of fused-ring (bicyclic) bond motifs is 2. The molecule has 192 valence electrons. The molecule has 1 aromatic heterocycles. The fraction of sp³-hybridized carbons (Fsp3) is 0.321. The number of nitrogens with zero attached hydrogens (tertiary/aromatic N) is 2. The predicted molar refractivity (Wildman–Crippen MR) is 133 cm³/mol. The Morgan fingerprint density at radius 2 is 1.76 bits per heavy atom. The molecule has 2 aromatic carbocycles. The van der Waals surface area contributed by atoms with Crippen LogP contribution in [-0.2, 0) is 6.54 Å². The molecule has 3 heterocycles. The van der Waals surface area contributed by atoms with Crippen molar-refractivity contribution in [1.82, 2.24) is 20.5 Å². The van der Waals surface area contributed by atoms with Crippen LogP contribution in [0.5, 0.6) is 11.6 Å². The van der Waals surface area contributed by atoms with Gasteiger partial charge in [-0.25, -0.2) is 18.6 Å². The van der Waals surface area contributed by atoms with E-state index in [1.807, 2.05) is 36.1 Å². The van der Waals surface area contributed by atoms with Crippen molar-refractivity contribution in [2.24, 2.45) is 0 Å². The predicted octanol–water partition coefficient (Wildman–Crippen LogP) is 5.10. The number of urea groups is 1. The second-order valence-electron chi connectivity index (χ2n) is 9.64. The summed E-state index contributed by atoms with van der Waals surface area (Å²) < 4.78 is 32.8. The third-order valence-corrected chi connectivity index (χ3v) is 6.92. The third-order valence-electron chi connectivity index (χ3n) is 6.92. The fourth-order valence-corrected chi connectivity index (χ4v) is 5.27. The van der Waals surface area contributed by atoms with E-state index in [-0.39, 0.29) is 41.3 Å². The monoisotopic (exact) mass is 506 g/mol. The summed E-state index contributed by atoms with van der Waals surface area (Å²) in [6, 6.07) is 14.1. The number of benzene rings is 2. The molecule has 2 aliphatic rings. The minimum Gasteiger partial charge on any atom is -0.438 e. The van der Waals surface area contributed by atoms with Crippen molar-refractivity contribution < 1.29 is 23.1 Å². The molecule has 0 unspecified atom stereocenters. The average molecular weight is 507 g/mol. The Morgan fingerprint density at radius 3 is 2.46 bits per heavy atom. The summed E-state index contributed by atoms with van der Waals surface area (Å²) in [5, 5.41) is 6.01. The van der Waals surface area contributed by atoms with Gasteiger partial charge in [-0.1, -0.05) is 29.8 Å². The first-order chi connectivity index (χ1) is 17.9. The number of ether oxygens (including phenoxy) is 1. The number of carbonyl (C=O) groups is 2. The maximum atomic E-state index is 14.0. The van der Waals surface area contributed by atoms with E-state index >= 15 is 0 Å². The van der Waals surface area contributed by atoms with Crippen LogP contribution in [0.15, 0.2) is 60.8 Å². The molecule has 2 N–H and O–H groups in total. The smallest absolute Gasteiger partial charge is 0.318 e. The summed E-state index contributed by atoms with van der Waals surface area (Å²) in [6.45, 7) is 2.47. The zero-order valence-corrected chi connectivity index (χ0v) is 20.4. The van der Waals surface area contributed by atoms with Crippen LogP contribution < -0.4 is 15.4 Å². The molecule has 5 rings (SSSR count). The molecule has 2 saturated heterocycles. The van der Waals surface area contributed by atoms with Crippen LogP contribution in [0, 0.1) is 18.6 Å². The molecule has 9 heteroatoms. The van der Waals surface area contributed by atoms with E-state index in [1.54, 1.807) is 0 Å². The van der Waals surface area contributed by atoms with Gasteiger partial charge in [-0.15, -0.1) is 0 Å². The second-order valence-corrected chi connectivity index (χ2v) is 9.64. The number of halogens is 2. The molecule has 2 bridgehead atoms. The summed E-state index contributed by atoms with van der Waals surface area (Å²) >= 11 is 0. The molecule has 2 fully saturated rings. The van der Waals surface area contributed by atoms with E-state index in [0.717, 1.165) is 36.2 Å². The summed E-state index contributed by atoms with van der Waals surface area (Å²) in [5.41, 5.74) is 2.14. The Balaban J connectivity index is 1.22. The molecule has 7 nitrogen and oxygen atoms in total. The Hall–Kier alpha value is -4.01. The van der Waals surface area contributed by atoms with E-state index in [1.165, 1.54) is 24.3 Å². The molecule has 3 aromatic rings. The number of hydrogen-bond acceptors (Lipinski definition) is 4. The van der Waals surface area contributed by atoms with Crippen LogP contribution in [0.25, 0.3) is 0 Å². The topological polar surface area (TPSA) is 83.6 Å². The van der Waals surface area contributed by atoms with Gasteiger partial charge in [-0.3, -0.25) is 4.79 Å². The van der Waals surface area contributed by atoms with Gasteiger partial charge >= 0.3 is 6.03 Å². The lowest BCUT2D eigenvalue weighted by Gasteiger charge is -2.39. The largest absolute Gasteiger partial charge is 0.438 e. The molecule has 3 atom stereocenters. The van der Waals surface area contributed by atoms with Crippen LogP contribution >= 0.6 is 0 Å². The molecule has 2 aliphatic heterocycles. The summed E-state index contributed by atoms with van der Waals surface area (Å²) in [7, 11) is 0. The van der Waals surface area contributed by atoms with Gasteiger partial charge in [0.25, 0.3) is 5.91 Å². The highest BCUT2D eigenvalue weighted by atomic mass is 19.1. The molecule has 0 saturated carbocycles. The minimum atomic E-state index is -0.670. The maximum absolute atomic E-state index is 14.0.